The number of anilines is 1. The van der Waals surface area contributed by atoms with Crippen molar-refractivity contribution >= 4 is 28.1 Å². The Labute approximate surface area is 96.3 Å². The van der Waals surface area contributed by atoms with Crippen LogP contribution in [0.4, 0.5) is 5.69 Å². The Morgan fingerprint density at radius 3 is 2.07 bits per heavy atom. The zero-order valence-corrected chi connectivity index (χ0v) is 10.2. The first-order valence-corrected chi connectivity index (χ1v) is 6.11. The molecule has 0 bridgehead atoms. The second-order valence-corrected chi connectivity index (χ2v) is 5.03. The van der Waals surface area contributed by atoms with Crippen LogP contribution in [0.2, 0.25) is 0 Å². The van der Waals surface area contributed by atoms with Crippen LogP contribution in [0.15, 0.2) is 24.3 Å². The molecule has 3 N–H and O–H groups in total. The Hall–Kier alpha value is -0.780. The summed E-state index contributed by atoms with van der Waals surface area (Å²) in [5.74, 6) is 0. The van der Waals surface area contributed by atoms with Crippen LogP contribution in [0.1, 0.15) is 18.5 Å². The van der Waals surface area contributed by atoms with Gasteiger partial charge in [0.1, 0.15) is 0 Å². The average Bonchev–Trinajstić information content (AvgIpc) is 2.02. The van der Waals surface area contributed by atoms with E-state index in [1.807, 2.05) is 6.92 Å². The fourth-order valence-electron chi connectivity index (χ4n) is 1.07. The second-order valence-electron chi connectivity index (χ2n) is 3.28. The molecule has 15 heavy (non-hydrogen) atoms. The number of hydrogen-bond donors (Lipinski definition) is 2. The van der Waals surface area contributed by atoms with Gasteiger partial charge in [-0.15, -0.1) is 12.4 Å². The average molecular weight is 251 g/mol. The molecule has 1 atom stereocenters. The maximum Gasteiger partial charge on any atom is 0.229 e. The summed E-state index contributed by atoms with van der Waals surface area (Å²) in [4.78, 5) is 0. The van der Waals surface area contributed by atoms with Crippen molar-refractivity contribution in [3.63, 3.8) is 0 Å². The van der Waals surface area contributed by atoms with Gasteiger partial charge in [-0.2, -0.15) is 0 Å². The van der Waals surface area contributed by atoms with E-state index in [4.69, 9.17) is 5.73 Å². The Kier molecular flexibility index (Phi) is 5.07. The lowest BCUT2D eigenvalue weighted by atomic mass is 10.1. The van der Waals surface area contributed by atoms with E-state index in [0.717, 1.165) is 11.8 Å². The molecular weight excluding hydrogens is 236 g/mol. The fourth-order valence-corrected chi connectivity index (χ4v) is 1.63. The van der Waals surface area contributed by atoms with E-state index >= 15 is 0 Å². The van der Waals surface area contributed by atoms with E-state index in [1.165, 1.54) is 0 Å². The first-order chi connectivity index (χ1) is 6.38. The van der Waals surface area contributed by atoms with Gasteiger partial charge in [0.15, 0.2) is 0 Å². The molecule has 86 valence electrons. The van der Waals surface area contributed by atoms with Gasteiger partial charge in [-0.25, -0.2) is 8.42 Å². The second kappa shape index (κ2) is 5.34. The molecule has 0 aliphatic carbocycles. The number of rotatable bonds is 3. The monoisotopic (exact) mass is 250 g/mol. The number of halogens is 1. The Morgan fingerprint density at radius 2 is 1.73 bits per heavy atom. The topological polar surface area (TPSA) is 72.2 Å². The van der Waals surface area contributed by atoms with E-state index in [9.17, 15) is 8.42 Å². The van der Waals surface area contributed by atoms with Crippen LogP contribution in [-0.4, -0.2) is 14.7 Å². The van der Waals surface area contributed by atoms with Gasteiger partial charge in [0.2, 0.25) is 10.0 Å². The third-order valence-electron chi connectivity index (χ3n) is 1.74. The lowest BCUT2D eigenvalue weighted by Gasteiger charge is -2.07. The van der Waals surface area contributed by atoms with Gasteiger partial charge in [-0.05, 0) is 24.6 Å². The van der Waals surface area contributed by atoms with Crippen molar-refractivity contribution in [2.75, 3.05) is 11.0 Å². The molecule has 6 heteroatoms. The van der Waals surface area contributed by atoms with Crippen molar-refractivity contribution in [1.82, 2.24) is 0 Å². The predicted octanol–water partition coefficient (Wildman–Crippen LogP) is 1.50. The third kappa shape index (κ3) is 5.01. The molecule has 0 radical (unpaired) electrons. The zero-order valence-electron chi connectivity index (χ0n) is 8.60. The summed E-state index contributed by atoms with van der Waals surface area (Å²) in [5.41, 5.74) is 7.18. The number of nitrogens with two attached hydrogens (primary N) is 1. The minimum atomic E-state index is -3.19. The summed E-state index contributed by atoms with van der Waals surface area (Å²) >= 11 is 0. The normalized spacial score (nSPS) is 12.7. The van der Waals surface area contributed by atoms with Gasteiger partial charge in [0.25, 0.3) is 0 Å². The van der Waals surface area contributed by atoms with Crippen molar-refractivity contribution in [2.24, 2.45) is 5.73 Å². The smallest absolute Gasteiger partial charge is 0.229 e. The van der Waals surface area contributed by atoms with Crippen molar-refractivity contribution in [2.45, 2.75) is 13.0 Å². The molecule has 0 spiro atoms. The minimum absolute atomic E-state index is 0. The van der Waals surface area contributed by atoms with Gasteiger partial charge in [0.05, 0.1) is 6.26 Å². The molecule has 0 aliphatic heterocycles. The molecule has 4 nitrogen and oxygen atoms in total. The first-order valence-electron chi connectivity index (χ1n) is 4.22. The van der Waals surface area contributed by atoms with E-state index in [-0.39, 0.29) is 18.4 Å². The van der Waals surface area contributed by atoms with E-state index < -0.39 is 10.0 Å². The largest absolute Gasteiger partial charge is 0.324 e. The highest BCUT2D eigenvalue weighted by Crippen LogP contribution is 2.14. The molecule has 0 saturated carbocycles. The molecule has 0 heterocycles. The number of benzene rings is 1. The van der Waals surface area contributed by atoms with Crippen LogP contribution >= 0.6 is 12.4 Å². The van der Waals surface area contributed by atoms with Crippen molar-refractivity contribution in [3.8, 4) is 0 Å². The van der Waals surface area contributed by atoms with E-state index in [2.05, 4.69) is 4.72 Å². The maximum atomic E-state index is 10.9. The van der Waals surface area contributed by atoms with Crippen molar-refractivity contribution in [3.05, 3.63) is 29.8 Å². The van der Waals surface area contributed by atoms with Gasteiger partial charge in [0, 0.05) is 11.7 Å². The van der Waals surface area contributed by atoms with Crippen molar-refractivity contribution in [1.29, 1.82) is 0 Å². The standard InChI is InChI=1S/C9H14N2O2S.ClH/c1-7(10)8-3-5-9(6-4-8)11-14(2,12)13;/h3-7,11H,10H2,1-2H3;1H. The van der Waals surface area contributed by atoms with Gasteiger partial charge in [-0.3, -0.25) is 4.72 Å². The van der Waals surface area contributed by atoms with Gasteiger partial charge < -0.3 is 5.73 Å². The number of nitrogens with one attached hydrogen (secondary N) is 1. The molecule has 0 aliphatic rings. The van der Waals surface area contributed by atoms with Crippen LogP contribution < -0.4 is 10.5 Å². The van der Waals surface area contributed by atoms with Crippen molar-refractivity contribution < 1.29 is 8.42 Å². The highest BCUT2D eigenvalue weighted by Gasteiger charge is 2.02. The lowest BCUT2D eigenvalue weighted by Crippen LogP contribution is -2.10. The summed E-state index contributed by atoms with van der Waals surface area (Å²) in [6.07, 6.45) is 1.12. The van der Waals surface area contributed by atoms with Crippen LogP contribution in [0, 0.1) is 0 Å². The summed E-state index contributed by atoms with van der Waals surface area (Å²) in [6.45, 7) is 1.87. The lowest BCUT2D eigenvalue weighted by molar-refractivity contribution is 0.607. The molecule has 0 fully saturated rings. The molecule has 1 rings (SSSR count). The zero-order chi connectivity index (χ0) is 10.8. The fraction of sp³-hybridized carbons (Fsp3) is 0.333. The number of hydrogen-bond acceptors (Lipinski definition) is 3. The number of sulfonamides is 1. The summed E-state index contributed by atoms with van der Waals surface area (Å²) in [7, 11) is -3.19. The van der Waals surface area contributed by atoms with Gasteiger partial charge >= 0.3 is 0 Å². The van der Waals surface area contributed by atoms with Crippen LogP contribution in [0.5, 0.6) is 0 Å². The molecule has 1 unspecified atom stereocenters. The Bertz CT molecular complexity index is 401. The third-order valence-corrected chi connectivity index (χ3v) is 2.35. The SMILES string of the molecule is CC(N)c1ccc(NS(C)(=O)=O)cc1.Cl. The summed E-state index contributed by atoms with van der Waals surface area (Å²) in [6, 6.07) is 6.96. The Balaban J connectivity index is 0.00000196. The highest BCUT2D eigenvalue weighted by atomic mass is 35.5. The van der Waals surface area contributed by atoms with E-state index in [1.54, 1.807) is 24.3 Å². The maximum absolute atomic E-state index is 10.9. The summed E-state index contributed by atoms with van der Waals surface area (Å²) in [5, 5.41) is 0. The summed E-state index contributed by atoms with van der Waals surface area (Å²) < 4.78 is 24.1. The van der Waals surface area contributed by atoms with Crippen LogP contribution in [0.3, 0.4) is 0 Å². The van der Waals surface area contributed by atoms with E-state index in [0.29, 0.717) is 5.69 Å². The molecule has 0 amide bonds. The molecule has 1 aromatic carbocycles. The molecule has 0 saturated heterocycles. The molecule has 0 aromatic heterocycles. The quantitative estimate of drug-likeness (QED) is 0.854. The van der Waals surface area contributed by atoms with Crippen LogP contribution in [0.25, 0.3) is 0 Å². The highest BCUT2D eigenvalue weighted by molar-refractivity contribution is 7.92. The predicted molar refractivity (Wildman–Crippen MR) is 64.8 cm³/mol. The minimum Gasteiger partial charge on any atom is -0.324 e. The molecule has 1 aromatic rings. The Morgan fingerprint density at radius 1 is 1.27 bits per heavy atom. The molecular formula is C9H15ClN2O2S. The van der Waals surface area contributed by atoms with Gasteiger partial charge in [-0.1, -0.05) is 12.1 Å². The first kappa shape index (κ1) is 14.2. The van der Waals surface area contributed by atoms with Crippen LogP contribution in [-0.2, 0) is 10.0 Å².